The summed E-state index contributed by atoms with van der Waals surface area (Å²) in [7, 11) is 1.20. The lowest BCUT2D eigenvalue weighted by Gasteiger charge is -2.17. The van der Waals surface area contributed by atoms with Crippen molar-refractivity contribution in [2.45, 2.75) is 12.5 Å². The number of nitrogens with one attached hydrogen (secondary N) is 1. The molecule has 1 atom stereocenters. The number of fused-ring (bicyclic) bond motifs is 1. The molecule has 0 aromatic heterocycles. The van der Waals surface area contributed by atoms with Gasteiger partial charge in [0.2, 0.25) is 0 Å². The third kappa shape index (κ3) is 4.11. The van der Waals surface area contributed by atoms with E-state index in [9.17, 15) is 18.4 Å². The number of methoxy groups -OCH3 is 1. The molecule has 0 saturated carbocycles. The molecule has 0 spiro atoms. The molecule has 27 heavy (non-hydrogen) atoms. The van der Waals surface area contributed by atoms with Crippen LogP contribution in [0.2, 0.25) is 0 Å². The van der Waals surface area contributed by atoms with E-state index >= 15 is 0 Å². The molecule has 0 fully saturated rings. The lowest BCUT2D eigenvalue weighted by atomic mass is 10.0. The van der Waals surface area contributed by atoms with Gasteiger partial charge in [0.05, 0.1) is 12.7 Å². The summed E-state index contributed by atoms with van der Waals surface area (Å²) < 4.78 is 31.9. The van der Waals surface area contributed by atoms with Gasteiger partial charge in [-0.2, -0.15) is 0 Å². The van der Waals surface area contributed by atoms with Crippen LogP contribution in [0.25, 0.3) is 10.8 Å². The van der Waals surface area contributed by atoms with E-state index < -0.39 is 35.1 Å². The van der Waals surface area contributed by atoms with Crippen molar-refractivity contribution in [2.24, 2.45) is 0 Å². The molecule has 3 aromatic rings. The number of benzene rings is 3. The summed E-state index contributed by atoms with van der Waals surface area (Å²) >= 11 is 0. The van der Waals surface area contributed by atoms with E-state index in [1.54, 1.807) is 0 Å². The van der Waals surface area contributed by atoms with Crippen molar-refractivity contribution in [1.29, 1.82) is 0 Å². The first kappa shape index (κ1) is 18.5. The highest BCUT2D eigenvalue weighted by atomic mass is 19.2. The van der Waals surface area contributed by atoms with Crippen molar-refractivity contribution in [3.05, 3.63) is 83.4 Å². The summed E-state index contributed by atoms with van der Waals surface area (Å²) in [6.07, 6.45) is 0.153. The van der Waals surface area contributed by atoms with E-state index in [0.29, 0.717) is 0 Å². The lowest BCUT2D eigenvalue weighted by Crippen LogP contribution is -2.43. The van der Waals surface area contributed by atoms with Crippen LogP contribution in [-0.4, -0.2) is 25.0 Å². The fourth-order valence-corrected chi connectivity index (χ4v) is 2.85. The maximum absolute atomic E-state index is 13.8. The quantitative estimate of drug-likeness (QED) is 0.699. The minimum absolute atomic E-state index is 0.153. The molecule has 1 amide bonds. The summed E-state index contributed by atoms with van der Waals surface area (Å²) in [6.45, 7) is 0. The van der Waals surface area contributed by atoms with Crippen LogP contribution in [0.5, 0.6) is 0 Å². The smallest absolute Gasteiger partial charge is 0.328 e. The Morgan fingerprint density at radius 1 is 1.00 bits per heavy atom. The van der Waals surface area contributed by atoms with Gasteiger partial charge in [0.1, 0.15) is 6.04 Å². The Morgan fingerprint density at radius 2 is 1.74 bits per heavy atom. The Balaban J connectivity index is 1.84. The van der Waals surface area contributed by atoms with Gasteiger partial charge in [-0.1, -0.05) is 48.5 Å². The third-order valence-electron chi connectivity index (χ3n) is 4.24. The van der Waals surface area contributed by atoms with Gasteiger partial charge in [-0.3, -0.25) is 4.79 Å². The van der Waals surface area contributed by atoms with Crippen LogP contribution in [0, 0.1) is 11.6 Å². The zero-order valence-corrected chi connectivity index (χ0v) is 14.5. The molecule has 6 heteroatoms. The van der Waals surface area contributed by atoms with Crippen LogP contribution in [0.3, 0.4) is 0 Å². The normalized spacial score (nSPS) is 11.8. The largest absolute Gasteiger partial charge is 0.467 e. The standard InChI is InChI=1S/C21H17F2NO3/c1-27-21(26)18(24-20(25)16-7-4-8-17(22)19(16)23)12-13-9-10-14-5-2-3-6-15(14)11-13/h2-11,18H,12H2,1H3,(H,24,25)/t18-/m0/s1. The van der Waals surface area contributed by atoms with E-state index in [-0.39, 0.29) is 6.42 Å². The Morgan fingerprint density at radius 3 is 2.48 bits per heavy atom. The van der Waals surface area contributed by atoms with Gasteiger partial charge in [-0.05, 0) is 28.5 Å². The summed E-state index contributed by atoms with van der Waals surface area (Å²) in [6, 6.07) is 15.6. The molecule has 1 N–H and O–H groups in total. The molecule has 0 aliphatic heterocycles. The number of amides is 1. The zero-order chi connectivity index (χ0) is 19.4. The van der Waals surface area contributed by atoms with Crippen molar-refractivity contribution < 1.29 is 23.1 Å². The summed E-state index contributed by atoms with van der Waals surface area (Å²) in [4.78, 5) is 24.4. The SMILES string of the molecule is COC(=O)[C@H](Cc1ccc2ccccc2c1)NC(=O)c1cccc(F)c1F. The monoisotopic (exact) mass is 369 g/mol. The summed E-state index contributed by atoms with van der Waals surface area (Å²) in [5.74, 6) is -3.95. The number of halogens is 2. The Labute approximate surface area is 154 Å². The fourth-order valence-electron chi connectivity index (χ4n) is 2.85. The van der Waals surface area contributed by atoms with Gasteiger partial charge in [0.15, 0.2) is 11.6 Å². The lowest BCUT2D eigenvalue weighted by molar-refractivity contribution is -0.142. The first-order valence-electron chi connectivity index (χ1n) is 8.30. The van der Waals surface area contributed by atoms with E-state index in [1.807, 2.05) is 42.5 Å². The maximum atomic E-state index is 13.8. The average Bonchev–Trinajstić information content (AvgIpc) is 2.68. The molecule has 0 radical (unpaired) electrons. The van der Waals surface area contributed by atoms with Crippen molar-refractivity contribution in [2.75, 3.05) is 7.11 Å². The second-order valence-electron chi connectivity index (χ2n) is 6.04. The Kier molecular flexibility index (Phi) is 5.45. The molecule has 0 bridgehead atoms. The van der Waals surface area contributed by atoms with Crippen molar-refractivity contribution in [1.82, 2.24) is 5.32 Å². The molecular weight excluding hydrogens is 352 g/mol. The second kappa shape index (κ2) is 7.95. The Bertz CT molecular complexity index is 1000. The molecule has 0 saturated heterocycles. The van der Waals surface area contributed by atoms with E-state index in [4.69, 9.17) is 4.74 Å². The van der Waals surface area contributed by atoms with Crippen LogP contribution < -0.4 is 5.32 Å². The maximum Gasteiger partial charge on any atom is 0.328 e. The van der Waals surface area contributed by atoms with Gasteiger partial charge in [-0.15, -0.1) is 0 Å². The summed E-state index contributed by atoms with van der Waals surface area (Å²) in [5, 5.41) is 4.46. The first-order chi connectivity index (χ1) is 13.0. The number of carbonyl (C=O) groups is 2. The predicted molar refractivity (Wildman–Crippen MR) is 97.3 cm³/mol. The van der Waals surface area contributed by atoms with Gasteiger partial charge in [-0.25, -0.2) is 13.6 Å². The highest BCUT2D eigenvalue weighted by molar-refractivity contribution is 5.97. The van der Waals surface area contributed by atoms with Crippen LogP contribution in [-0.2, 0) is 16.0 Å². The molecule has 4 nitrogen and oxygen atoms in total. The average molecular weight is 369 g/mol. The van der Waals surface area contributed by atoms with Gasteiger partial charge >= 0.3 is 5.97 Å². The molecule has 0 aliphatic carbocycles. The van der Waals surface area contributed by atoms with E-state index in [0.717, 1.165) is 28.5 Å². The summed E-state index contributed by atoms with van der Waals surface area (Å²) in [5.41, 5.74) is 0.325. The van der Waals surface area contributed by atoms with Crippen molar-refractivity contribution in [3.63, 3.8) is 0 Å². The van der Waals surface area contributed by atoms with E-state index in [1.165, 1.54) is 13.2 Å². The fraction of sp³-hybridized carbons (Fsp3) is 0.143. The second-order valence-corrected chi connectivity index (χ2v) is 6.04. The highest BCUT2D eigenvalue weighted by Gasteiger charge is 2.24. The third-order valence-corrected chi connectivity index (χ3v) is 4.24. The van der Waals surface area contributed by atoms with Crippen molar-refractivity contribution >= 4 is 22.6 Å². The molecule has 3 aromatic carbocycles. The minimum atomic E-state index is -1.26. The topological polar surface area (TPSA) is 55.4 Å². The molecule has 0 unspecified atom stereocenters. The zero-order valence-electron chi connectivity index (χ0n) is 14.5. The molecule has 0 aliphatic rings. The van der Waals surface area contributed by atoms with E-state index in [2.05, 4.69) is 5.32 Å². The number of hydrogen-bond acceptors (Lipinski definition) is 3. The number of ether oxygens (including phenoxy) is 1. The molecular formula is C21H17F2NO3. The van der Waals surface area contributed by atoms with Crippen LogP contribution in [0.1, 0.15) is 15.9 Å². The van der Waals surface area contributed by atoms with Crippen LogP contribution in [0.15, 0.2) is 60.7 Å². The predicted octanol–water partition coefficient (Wildman–Crippen LogP) is 3.63. The highest BCUT2D eigenvalue weighted by Crippen LogP contribution is 2.17. The first-order valence-corrected chi connectivity index (χ1v) is 8.30. The minimum Gasteiger partial charge on any atom is -0.467 e. The number of esters is 1. The van der Waals surface area contributed by atoms with Gasteiger partial charge < -0.3 is 10.1 Å². The number of hydrogen-bond donors (Lipinski definition) is 1. The molecule has 3 rings (SSSR count). The number of carbonyl (C=O) groups excluding carboxylic acids is 2. The van der Waals surface area contributed by atoms with Crippen LogP contribution >= 0.6 is 0 Å². The van der Waals surface area contributed by atoms with Crippen molar-refractivity contribution in [3.8, 4) is 0 Å². The van der Waals surface area contributed by atoms with Gasteiger partial charge in [0, 0.05) is 6.42 Å². The number of rotatable bonds is 5. The Hall–Kier alpha value is -3.28. The molecule has 0 heterocycles. The molecule has 138 valence electrons. The van der Waals surface area contributed by atoms with Crippen LogP contribution in [0.4, 0.5) is 8.78 Å². The van der Waals surface area contributed by atoms with Gasteiger partial charge in [0.25, 0.3) is 5.91 Å².